The molecule has 0 radical (unpaired) electrons. The summed E-state index contributed by atoms with van der Waals surface area (Å²) in [4.78, 5) is 14.6. The van der Waals surface area contributed by atoms with E-state index in [1.54, 1.807) is 6.92 Å². The second kappa shape index (κ2) is 8.50. The summed E-state index contributed by atoms with van der Waals surface area (Å²) in [6, 6.07) is 17.6. The summed E-state index contributed by atoms with van der Waals surface area (Å²) in [6.45, 7) is 4.52. The molecule has 0 unspecified atom stereocenters. The second-order valence-electron chi connectivity index (χ2n) is 6.31. The Morgan fingerprint density at radius 3 is 2.29 bits per heavy atom. The van der Waals surface area contributed by atoms with Gasteiger partial charge in [0.2, 0.25) is 0 Å². The van der Waals surface area contributed by atoms with Crippen molar-refractivity contribution in [2.45, 2.75) is 26.0 Å². The lowest BCUT2D eigenvalue weighted by Gasteiger charge is -2.24. The molecule has 0 heterocycles. The number of nitrogens with one attached hydrogen (secondary N) is 1. The molecule has 0 bridgehead atoms. The van der Waals surface area contributed by atoms with Gasteiger partial charge in [-0.15, -0.1) is 0 Å². The molecular weight excluding hydrogens is 300 g/mol. The molecule has 2 aromatic carbocycles. The lowest BCUT2D eigenvalue weighted by atomic mass is 10.1. The van der Waals surface area contributed by atoms with E-state index in [4.69, 9.17) is 4.74 Å². The van der Waals surface area contributed by atoms with Gasteiger partial charge in [0.1, 0.15) is 5.75 Å². The number of ether oxygens (including phenoxy) is 1. The van der Waals surface area contributed by atoms with Gasteiger partial charge in [-0.05, 0) is 45.6 Å². The number of hydrogen-bond acceptors (Lipinski definition) is 3. The standard InChI is InChI=1S/C20H26N2O2/c1-15-10-12-18(13-11-15)24-16(2)20(23)21-19(14-22(3)4)17-8-6-5-7-9-17/h5-13,16,19H,14H2,1-4H3,(H,21,23)/t16-,19-/m1/s1. The van der Waals surface area contributed by atoms with Crippen LogP contribution < -0.4 is 10.1 Å². The van der Waals surface area contributed by atoms with Gasteiger partial charge in [-0.1, -0.05) is 48.0 Å². The molecule has 4 nitrogen and oxygen atoms in total. The van der Waals surface area contributed by atoms with Crippen LogP contribution in [0.3, 0.4) is 0 Å². The minimum Gasteiger partial charge on any atom is -0.481 e. The van der Waals surface area contributed by atoms with E-state index < -0.39 is 6.10 Å². The monoisotopic (exact) mass is 326 g/mol. The van der Waals surface area contributed by atoms with Gasteiger partial charge in [-0.25, -0.2) is 0 Å². The molecule has 2 rings (SSSR count). The van der Waals surface area contributed by atoms with Crippen LogP contribution in [0.25, 0.3) is 0 Å². The van der Waals surface area contributed by atoms with Gasteiger partial charge in [0.15, 0.2) is 6.10 Å². The Morgan fingerprint density at radius 1 is 1.08 bits per heavy atom. The largest absolute Gasteiger partial charge is 0.481 e. The Labute approximate surface area is 144 Å². The summed E-state index contributed by atoms with van der Waals surface area (Å²) in [6.07, 6.45) is -0.555. The highest BCUT2D eigenvalue weighted by molar-refractivity contribution is 5.81. The van der Waals surface area contributed by atoms with E-state index in [9.17, 15) is 4.79 Å². The van der Waals surface area contributed by atoms with Gasteiger partial charge in [0, 0.05) is 6.54 Å². The van der Waals surface area contributed by atoms with Crippen molar-refractivity contribution in [1.29, 1.82) is 0 Å². The van der Waals surface area contributed by atoms with Crippen LogP contribution in [-0.2, 0) is 4.79 Å². The zero-order valence-corrected chi connectivity index (χ0v) is 14.8. The fraction of sp³-hybridized carbons (Fsp3) is 0.350. The number of rotatable bonds is 7. The van der Waals surface area contributed by atoms with Crippen molar-refractivity contribution >= 4 is 5.91 Å². The Morgan fingerprint density at radius 2 is 1.71 bits per heavy atom. The van der Waals surface area contributed by atoms with Gasteiger partial charge in [-0.2, -0.15) is 0 Å². The van der Waals surface area contributed by atoms with Gasteiger partial charge in [0.05, 0.1) is 6.04 Å². The van der Waals surface area contributed by atoms with Gasteiger partial charge < -0.3 is 15.0 Å². The van der Waals surface area contributed by atoms with Crippen molar-refractivity contribution in [3.63, 3.8) is 0 Å². The van der Waals surface area contributed by atoms with Crippen molar-refractivity contribution < 1.29 is 9.53 Å². The Hall–Kier alpha value is -2.33. The first-order valence-electron chi connectivity index (χ1n) is 8.19. The second-order valence-corrected chi connectivity index (χ2v) is 6.31. The summed E-state index contributed by atoms with van der Waals surface area (Å²) < 4.78 is 5.75. The number of carbonyl (C=O) groups excluding carboxylic acids is 1. The molecule has 24 heavy (non-hydrogen) atoms. The van der Waals surface area contributed by atoms with Crippen LogP contribution in [0.2, 0.25) is 0 Å². The molecule has 0 fully saturated rings. The molecule has 2 aromatic rings. The van der Waals surface area contributed by atoms with E-state index in [1.165, 1.54) is 0 Å². The van der Waals surface area contributed by atoms with Gasteiger partial charge >= 0.3 is 0 Å². The van der Waals surface area contributed by atoms with Crippen LogP contribution in [0.4, 0.5) is 0 Å². The predicted molar refractivity (Wildman–Crippen MR) is 97.1 cm³/mol. The lowest BCUT2D eigenvalue weighted by molar-refractivity contribution is -0.128. The molecule has 0 aliphatic rings. The first-order valence-corrected chi connectivity index (χ1v) is 8.19. The van der Waals surface area contributed by atoms with E-state index in [0.29, 0.717) is 5.75 Å². The van der Waals surface area contributed by atoms with Gasteiger partial charge in [-0.3, -0.25) is 4.79 Å². The Balaban J connectivity index is 2.02. The fourth-order valence-electron chi connectivity index (χ4n) is 2.45. The number of benzene rings is 2. The highest BCUT2D eigenvalue weighted by Gasteiger charge is 2.20. The van der Waals surface area contributed by atoms with Crippen LogP contribution in [0.5, 0.6) is 5.75 Å². The summed E-state index contributed by atoms with van der Waals surface area (Å²) in [5.74, 6) is 0.582. The van der Waals surface area contributed by atoms with Crippen LogP contribution in [0.15, 0.2) is 54.6 Å². The number of carbonyl (C=O) groups is 1. The number of hydrogen-bond donors (Lipinski definition) is 1. The average molecular weight is 326 g/mol. The number of aryl methyl sites for hydroxylation is 1. The van der Waals surface area contributed by atoms with Crippen molar-refractivity contribution in [1.82, 2.24) is 10.2 Å². The van der Waals surface area contributed by atoms with Crippen LogP contribution in [-0.4, -0.2) is 37.6 Å². The van der Waals surface area contributed by atoms with Crippen LogP contribution >= 0.6 is 0 Å². The zero-order chi connectivity index (χ0) is 17.5. The van der Waals surface area contributed by atoms with Crippen molar-refractivity contribution in [2.75, 3.05) is 20.6 Å². The zero-order valence-electron chi connectivity index (χ0n) is 14.8. The molecule has 0 saturated heterocycles. The Kier molecular flexibility index (Phi) is 6.38. The van der Waals surface area contributed by atoms with Crippen molar-refractivity contribution in [3.8, 4) is 5.75 Å². The Bertz CT molecular complexity index is 638. The minimum atomic E-state index is -0.555. The van der Waals surface area contributed by atoms with Gasteiger partial charge in [0.25, 0.3) is 5.91 Å². The maximum atomic E-state index is 12.5. The summed E-state index contributed by atoms with van der Waals surface area (Å²) in [7, 11) is 3.99. The van der Waals surface area contributed by atoms with E-state index in [-0.39, 0.29) is 11.9 Å². The molecule has 1 amide bonds. The maximum Gasteiger partial charge on any atom is 0.261 e. The molecule has 4 heteroatoms. The lowest BCUT2D eigenvalue weighted by Crippen LogP contribution is -2.41. The number of amides is 1. The molecular formula is C20H26N2O2. The normalized spacial score (nSPS) is 13.4. The smallest absolute Gasteiger partial charge is 0.261 e. The molecule has 0 aromatic heterocycles. The molecule has 0 aliphatic carbocycles. The van der Waals surface area contributed by atoms with E-state index in [1.807, 2.05) is 75.6 Å². The SMILES string of the molecule is Cc1ccc(O[C@H](C)C(=O)N[C@H](CN(C)C)c2ccccc2)cc1. The number of likely N-dealkylation sites (N-methyl/N-ethyl adjacent to an activating group) is 1. The topological polar surface area (TPSA) is 41.6 Å². The third-order valence-corrected chi connectivity index (χ3v) is 3.77. The van der Waals surface area contributed by atoms with Crippen LogP contribution in [0.1, 0.15) is 24.1 Å². The third kappa shape index (κ3) is 5.39. The quantitative estimate of drug-likeness (QED) is 0.850. The maximum absolute atomic E-state index is 12.5. The summed E-state index contributed by atoms with van der Waals surface area (Å²) >= 11 is 0. The first-order chi connectivity index (χ1) is 11.5. The third-order valence-electron chi connectivity index (χ3n) is 3.77. The highest BCUT2D eigenvalue weighted by atomic mass is 16.5. The molecule has 0 aliphatic heterocycles. The molecule has 0 spiro atoms. The van der Waals surface area contributed by atoms with E-state index in [0.717, 1.165) is 17.7 Å². The fourth-order valence-corrected chi connectivity index (χ4v) is 2.45. The van der Waals surface area contributed by atoms with Crippen molar-refractivity contribution in [3.05, 3.63) is 65.7 Å². The predicted octanol–water partition coefficient (Wildman–Crippen LogP) is 3.18. The van der Waals surface area contributed by atoms with Crippen LogP contribution in [0, 0.1) is 6.92 Å². The molecule has 0 saturated carbocycles. The average Bonchev–Trinajstić information content (AvgIpc) is 2.56. The minimum absolute atomic E-state index is 0.0715. The molecule has 128 valence electrons. The molecule has 1 N–H and O–H groups in total. The van der Waals surface area contributed by atoms with E-state index in [2.05, 4.69) is 10.2 Å². The number of nitrogens with zero attached hydrogens (tertiary/aromatic N) is 1. The van der Waals surface area contributed by atoms with Crippen molar-refractivity contribution in [2.24, 2.45) is 0 Å². The van der Waals surface area contributed by atoms with E-state index >= 15 is 0 Å². The summed E-state index contributed by atoms with van der Waals surface area (Å²) in [5.41, 5.74) is 2.25. The summed E-state index contributed by atoms with van der Waals surface area (Å²) in [5, 5.41) is 3.09. The molecule has 2 atom stereocenters. The highest BCUT2D eigenvalue weighted by Crippen LogP contribution is 2.16. The first kappa shape index (κ1) is 18.0.